The van der Waals surface area contributed by atoms with E-state index in [1.54, 1.807) is 18.5 Å². The molecule has 0 aromatic carbocycles. The molecule has 0 spiro atoms. The number of hydrogen-bond donors (Lipinski definition) is 2. The van der Waals surface area contributed by atoms with Gasteiger partial charge in [0.05, 0.1) is 0 Å². The topological polar surface area (TPSA) is 84.1 Å². The van der Waals surface area contributed by atoms with Crippen molar-refractivity contribution in [3.63, 3.8) is 0 Å². The zero-order valence-electron chi connectivity index (χ0n) is 17.0. The molecule has 2 heterocycles. The van der Waals surface area contributed by atoms with Crippen molar-refractivity contribution < 1.29 is 4.79 Å². The molecule has 7 heteroatoms. The number of amides is 1. The van der Waals surface area contributed by atoms with Crippen molar-refractivity contribution in [1.82, 2.24) is 20.2 Å². The third-order valence-corrected chi connectivity index (χ3v) is 5.53. The van der Waals surface area contributed by atoms with Crippen LogP contribution >= 0.6 is 11.8 Å². The molecule has 1 aromatic rings. The van der Waals surface area contributed by atoms with Crippen LogP contribution in [0.3, 0.4) is 0 Å². The molecule has 1 unspecified atom stereocenters. The Balaban J connectivity index is 1.90. The average molecular weight is 400 g/mol. The molecule has 150 valence electrons. The quantitative estimate of drug-likeness (QED) is 0.652. The maximum absolute atomic E-state index is 12.6. The van der Waals surface area contributed by atoms with E-state index >= 15 is 0 Å². The van der Waals surface area contributed by atoms with Gasteiger partial charge in [0, 0.05) is 43.2 Å². The molecule has 1 atom stereocenters. The summed E-state index contributed by atoms with van der Waals surface area (Å²) < 4.78 is 0. The molecule has 0 saturated heterocycles. The van der Waals surface area contributed by atoms with Gasteiger partial charge in [-0.3, -0.25) is 4.79 Å². The Bertz CT molecular complexity index is 794. The van der Waals surface area contributed by atoms with E-state index in [0.29, 0.717) is 18.1 Å². The third-order valence-electron chi connectivity index (χ3n) is 4.35. The van der Waals surface area contributed by atoms with Crippen molar-refractivity contribution in [3.05, 3.63) is 64.9 Å². The Labute approximate surface area is 171 Å². The van der Waals surface area contributed by atoms with Crippen LogP contribution < -0.4 is 11.1 Å². The first-order valence-electron chi connectivity index (χ1n) is 9.29. The van der Waals surface area contributed by atoms with Gasteiger partial charge in [-0.15, -0.1) is 11.8 Å². The molecular weight excluding hydrogens is 370 g/mol. The second kappa shape index (κ2) is 10.7. The van der Waals surface area contributed by atoms with E-state index in [1.165, 1.54) is 29.1 Å². The number of rotatable bonds is 8. The van der Waals surface area contributed by atoms with Crippen molar-refractivity contribution in [1.29, 1.82) is 0 Å². The fourth-order valence-electron chi connectivity index (χ4n) is 2.74. The highest BCUT2D eigenvalue weighted by Gasteiger charge is 2.31. The summed E-state index contributed by atoms with van der Waals surface area (Å²) in [6.07, 6.45) is 11.2. The van der Waals surface area contributed by atoms with E-state index < -0.39 is 0 Å². The zero-order chi connectivity index (χ0) is 20.5. The van der Waals surface area contributed by atoms with E-state index in [-0.39, 0.29) is 11.3 Å². The summed E-state index contributed by atoms with van der Waals surface area (Å²) in [6, 6.07) is 1.76. The van der Waals surface area contributed by atoms with E-state index in [2.05, 4.69) is 48.2 Å². The molecule has 0 bridgehead atoms. The van der Waals surface area contributed by atoms with Crippen LogP contribution in [0, 0.1) is 0 Å². The molecule has 1 aromatic heterocycles. The van der Waals surface area contributed by atoms with Crippen molar-refractivity contribution >= 4 is 23.2 Å². The van der Waals surface area contributed by atoms with Crippen LogP contribution in [0.1, 0.15) is 39.4 Å². The summed E-state index contributed by atoms with van der Waals surface area (Å²) in [4.78, 5) is 23.0. The van der Waals surface area contributed by atoms with Crippen LogP contribution in [-0.4, -0.2) is 39.7 Å². The lowest BCUT2D eigenvalue weighted by molar-refractivity contribution is -0.118. The number of thioether (sulfide) groups is 1. The SMILES string of the molecule is CC(C)=CCC/C(C)=C/CNC(=O)C1=CSC(C(=CN)c2ncccn2)N1C. The van der Waals surface area contributed by atoms with Gasteiger partial charge in [-0.05, 0) is 39.7 Å². The molecule has 0 radical (unpaired) electrons. The summed E-state index contributed by atoms with van der Waals surface area (Å²) in [6.45, 7) is 6.81. The third kappa shape index (κ3) is 5.99. The van der Waals surface area contributed by atoms with Crippen LogP contribution in [0.5, 0.6) is 0 Å². The molecule has 0 saturated carbocycles. The summed E-state index contributed by atoms with van der Waals surface area (Å²) in [7, 11) is 1.88. The molecule has 1 amide bonds. The summed E-state index contributed by atoms with van der Waals surface area (Å²) >= 11 is 1.52. The number of nitrogens with zero attached hydrogens (tertiary/aromatic N) is 3. The minimum absolute atomic E-state index is 0.101. The summed E-state index contributed by atoms with van der Waals surface area (Å²) in [5.41, 5.74) is 9.82. The highest BCUT2D eigenvalue weighted by atomic mass is 32.2. The van der Waals surface area contributed by atoms with Crippen LogP contribution in [0.15, 0.2) is 59.1 Å². The van der Waals surface area contributed by atoms with Crippen molar-refractivity contribution in [2.75, 3.05) is 13.6 Å². The molecule has 1 aliphatic rings. The summed E-state index contributed by atoms with van der Waals surface area (Å²) in [5, 5.41) is 4.70. The number of carbonyl (C=O) groups is 1. The fourth-order valence-corrected chi connectivity index (χ4v) is 3.90. The number of carbonyl (C=O) groups excluding carboxylic acids is 1. The number of likely N-dealkylation sites (N-methyl/N-ethyl adjacent to an activating group) is 1. The molecule has 3 N–H and O–H groups in total. The lowest BCUT2D eigenvalue weighted by atomic mass is 10.1. The Morgan fingerprint density at radius 1 is 1.29 bits per heavy atom. The Kier molecular flexibility index (Phi) is 8.32. The van der Waals surface area contributed by atoms with Gasteiger partial charge in [0.2, 0.25) is 0 Å². The first-order chi connectivity index (χ1) is 13.4. The van der Waals surface area contributed by atoms with Gasteiger partial charge in [0.1, 0.15) is 11.1 Å². The lowest BCUT2D eigenvalue weighted by Crippen LogP contribution is -2.35. The second-order valence-electron chi connectivity index (χ2n) is 6.88. The lowest BCUT2D eigenvalue weighted by Gasteiger charge is -2.25. The maximum Gasteiger partial charge on any atom is 0.268 e. The molecule has 0 fully saturated rings. The Hall–Kier alpha value is -2.54. The number of nitrogens with two attached hydrogens (primary N) is 1. The monoisotopic (exact) mass is 399 g/mol. The second-order valence-corrected chi connectivity index (χ2v) is 7.83. The standard InChI is InChI=1S/C21H29N5OS/c1-15(2)7-5-8-16(3)9-12-25-20(27)18-14-28-21(26(18)4)17(13-22)19-23-10-6-11-24-19/h6-7,9-11,13-14,21H,5,8,12,22H2,1-4H3,(H,25,27)/b16-9+,17-13?. The molecule has 6 nitrogen and oxygen atoms in total. The molecule has 0 aliphatic carbocycles. The van der Waals surface area contributed by atoms with Gasteiger partial charge in [0.15, 0.2) is 5.82 Å². The van der Waals surface area contributed by atoms with Gasteiger partial charge in [-0.2, -0.15) is 0 Å². The van der Waals surface area contributed by atoms with Crippen LogP contribution in [0.4, 0.5) is 0 Å². The first kappa shape index (κ1) is 21.8. The van der Waals surface area contributed by atoms with Gasteiger partial charge in [0.25, 0.3) is 5.91 Å². The minimum Gasteiger partial charge on any atom is -0.404 e. The highest BCUT2D eigenvalue weighted by Crippen LogP contribution is 2.36. The minimum atomic E-state index is -0.130. The average Bonchev–Trinajstić information content (AvgIpc) is 3.04. The zero-order valence-corrected chi connectivity index (χ0v) is 17.8. The predicted molar refractivity (Wildman–Crippen MR) is 117 cm³/mol. The number of nitrogens with one attached hydrogen (secondary N) is 1. The van der Waals surface area contributed by atoms with Gasteiger partial charge in [-0.1, -0.05) is 23.3 Å². The Morgan fingerprint density at radius 3 is 2.64 bits per heavy atom. The largest absolute Gasteiger partial charge is 0.404 e. The van der Waals surface area contributed by atoms with Crippen molar-refractivity contribution in [3.8, 4) is 0 Å². The van der Waals surface area contributed by atoms with E-state index in [0.717, 1.165) is 18.4 Å². The molecule has 28 heavy (non-hydrogen) atoms. The fraction of sp³-hybridized carbons (Fsp3) is 0.381. The molecular formula is C21H29N5OS. The van der Waals surface area contributed by atoms with Gasteiger partial charge in [-0.25, -0.2) is 9.97 Å². The van der Waals surface area contributed by atoms with Crippen LogP contribution in [-0.2, 0) is 4.79 Å². The smallest absolute Gasteiger partial charge is 0.268 e. The normalized spacial score (nSPS) is 17.4. The summed E-state index contributed by atoms with van der Waals surface area (Å²) in [5.74, 6) is 0.468. The van der Waals surface area contributed by atoms with E-state index in [1.807, 2.05) is 17.4 Å². The number of hydrogen-bond acceptors (Lipinski definition) is 6. The number of allylic oxidation sites excluding steroid dienone is 3. The Morgan fingerprint density at radius 2 is 2.00 bits per heavy atom. The van der Waals surface area contributed by atoms with Crippen molar-refractivity contribution in [2.24, 2.45) is 5.73 Å². The van der Waals surface area contributed by atoms with Crippen LogP contribution in [0.2, 0.25) is 0 Å². The molecule has 1 aliphatic heterocycles. The number of aromatic nitrogens is 2. The van der Waals surface area contributed by atoms with Crippen LogP contribution in [0.25, 0.3) is 5.57 Å². The first-order valence-corrected chi connectivity index (χ1v) is 10.2. The predicted octanol–water partition coefficient (Wildman–Crippen LogP) is 3.43. The van der Waals surface area contributed by atoms with Gasteiger partial charge < -0.3 is 16.0 Å². The van der Waals surface area contributed by atoms with E-state index in [4.69, 9.17) is 5.73 Å². The molecule has 2 rings (SSSR count). The maximum atomic E-state index is 12.6. The van der Waals surface area contributed by atoms with E-state index in [9.17, 15) is 4.79 Å². The van der Waals surface area contributed by atoms with Gasteiger partial charge >= 0.3 is 0 Å². The van der Waals surface area contributed by atoms with Crippen molar-refractivity contribution in [2.45, 2.75) is 39.0 Å². The highest BCUT2D eigenvalue weighted by molar-refractivity contribution is 8.03.